The van der Waals surface area contributed by atoms with Gasteiger partial charge in [0.05, 0.1) is 13.2 Å². The van der Waals surface area contributed by atoms with E-state index in [-0.39, 0.29) is 0 Å². The third kappa shape index (κ3) is 1.66. The van der Waals surface area contributed by atoms with Gasteiger partial charge in [-0.25, -0.2) is 0 Å². The van der Waals surface area contributed by atoms with E-state index >= 15 is 0 Å². The Morgan fingerprint density at radius 2 is 1.64 bits per heavy atom. The van der Waals surface area contributed by atoms with Crippen molar-refractivity contribution in [1.82, 2.24) is 0 Å². The van der Waals surface area contributed by atoms with Crippen molar-refractivity contribution in [2.45, 2.75) is 6.29 Å². The molecule has 0 spiro atoms. The summed E-state index contributed by atoms with van der Waals surface area (Å²) >= 11 is 0. The summed E-state index contributed by atoms with van der Waals surface area (Å²) in [5, 5.41) is 42.2. The van der Waals surface area contributed by atoms with Gasteiger partial charge in [-0.05, 0) is 0 Å². The molecule has 0 aromatic heterocycles. The van der Waals surface area contributed by atoms with E-state index in [9.17, 15) is 4.79 Å². The van der Waals surface area contributed by atoms with Gasteiger partial charge in [-0.3, -0.25) is 4.79 Å². The van der Waals surface area contributed by atoms with Gasteiger partial charge in [0, 0.05) is 0 Å². The van der Waals surface area contributed by atoms with Crippen molar-refractivity contribution in [3.8, 4) is 0 Å². The van der Waals surface area contributed by atoms with E-state index in [4.69, 9.17) is 25.5 Å². The van der Waals surface area contributed by atoms with Crippen molar-refractivity contribution in [2.75, 3.05) is 13.2 Å². The topological polar surface area (TPSA) is 118 Å². The van der Waals surface area contributed by atoms with E-state index in [2.05, 4.69) is 0 Å². The van der Waals surface area contributed by atoms with Gasteiger partial charge in [-0.2, -0.15) is 0 Å². The monoisotopic (exact) mass is 166 g/mol. The molecule has 0 saturated carbocycles. The number of hydrogen-bond donors (Lipinski definition) is 5. The predicted molar refractivity (Wildman–Crippen MR) is 32.5 cm³/mol. The molecule has 0 aliphatic carbocycles. The molecule has 0 rings (SSSR count). The van der Waals surface area contributed by atoms with Crippen molar-refractivity contribution in [3.63, 3.8) is 0 Å². The van der Waals surface area contributed by atoms with Crippen LogP contribution in [-0.4, -0.2) is 51.0 Å². The van der Waals surface area contributed by atoms with Crippen molar-refractivity contribution in [3.05, 3.63) is 0 Å². The fraction of sp³-hybridized carbons (Fsp3) is 0.800. The Balaban J connectivity index is 4.61. The summed E-state index contributed by atoms with van der Waals surface area (Å²) in [6.07, 6.45) is -2.28. The summed E-state index contributed by atoms with van der Waals surface area (Å²) in [4.78, 5) is 10.3. The van der Waals surface area contributed by atoms with E-state index in [0.29, 0.717) is 0 Å². The number of aliphatic hydroxyl groups is 4. The predicted octanol–water partition coefficient (Wildman–Crippen LogP) is -2.65. The van der Waals surface area contributed by atoms with Gasteiger partial charge in [0.25, 0.3) is 0 Å². The average Bonchev–Trinajstić information content (AvgIpc) is 1.90. The van der Waals surface area contributed by atoms with Gasteiger partial charge in [0.1, 0.15) is 0 Å². The van der Waals surface area contributed by atoms with E-state index in [1.165, 1.54) is 0 Å². The minimum Gasteiger partial charge on any atom is -0.481 e. The van der Waals surface area contributed by atoms with Gasteiger partial charge in [0.2, 0.25) is 0 Å². The highest BCUT2D eigenvalue weighted by Crippen LogP contribution is 2.19. The summed E-state index contributed by atoms with van der Waals surface area (Å²) in [5.74, 6) is -1.66. The molecular weight excluding hydrogens is 156 g/mol. The lowest BCUT2D eigenvalue weighted by molar-refractivity contribution is -0.196. The Hall–Kier alpha value is -0.690. The summed E-state index contributed by atoms with van der Waals surface area (Å²) in [5.41, 5.74) is -2.28. The molecule has 0 unspecified atom stereocenters. The smallest absolute Gasteiger partial charge is 0.319 e. The molecule has 0 atom stereocenters. The summed E-state index contributed by atoms with van der Waals surface area (Å²) in [6.45, 7) is -2.06. The van der Waals surface area contributed by atoms with Crippen LogP contribution in [0.3, 0.4) is 0 Å². The van der Waals surface area contributed by atoms with E-state index < -0.39 is 30.9 Å². The minimum atomic E-state index is -2.28. The second-order valence-corrected chi connectivity index (χ2v) is 2.15. The second kappa shape index (κ2) is 3.63. The Labute approximate surface area is 62.3 Å². The zero-order valence-corrected chi connectivity index (χ0v) is 5.64. The highest BCUT2D eigenvalue weighted by Gasteiger charge is 2.44. The Kier molecular flexibility index (Phi) is 3.40. The third-order valence-electron chi connectivity index (χ3n) is 1.48. The number of rotatable bonds is 4. The maximum atomic E-state index is 10.3. The second-order valence-electron chi connectivity index (χ2n) is 2.15. The van der Waals surface area contributed by atoms with Crippen LogP contribution < -0.4 is 0 Å². The lowest BCUT2D eigenvalue weighted by Gasteiger charge is -2.25. The van der Waals surface area contributed by atoms with E-state index in [1.54, 1.807) is 0 Å². The first kappa shape index (κ1) is 10.3. The first-order valence-corrected chi connectivity index (χ1v) is 2.82. The molecule has 6 heteroatoms. The molecule has 0 bridgehead atoms. The van der Waals surface area contributed by atoms with Gasteiger partial charge in [-0.1, -0.05) is 0 Å². The number of aliphatic carboxylic acids is 1. The first-order chi connectivity index (χ1) is 5.01. The lowest BCUT2D eigenvalue weighted by Crippen LogP contribution is -2.48. The summed E-state index contributed by atoms with van der Waals surface area (Å²) in [6, 6.07) is 0. The fourth-order valence-corrected chi connectivity index (χ4v) is 0.459. The molecule has 0 aliphatic heterocycles. The molecule has 0 aromatic rings. The molecule has 5 N–H and O–H groups in total. The molecule has 11 heavy (non-hydrogen) atoms. The molecular formula is C5H10O6. The average molecular weight is 166 g/mol. The Morgan fingerprint density at radius 3 is 1.64 bits per heavy atom. The van der Waals surface area contributed by atoms with Crippen molar-refractivity contribution in [2.24, 2.45) is 5.41 Å². The molecule has 0 radical (unpaired) electrons. The summed E-state index contributed by atoms with van der Waals surface area (Å²) < 4.78 is 0. The molecule has 0 aliphatic rings. The van der Waals surface area contributed by atoms with Crippen LogP contribution in [0.1, 0.15) is 0 Å². The lowest BCUT2D eigenvalue weighted by atomic mass is 9.90. The minimum absolute atomic E-state index is 1.03. The maximum absolute atomic E-state index is 10.3. The van der Waals surface area contributed by atoms with Crippen molar-refractivity contribution >= 4 is 5.97 Å². The maximum Gasteiger partial charge on any atom is 0.319 e. The van der Waals surface area contributed by atoms with Crippen molar-refractivity contribution < 1.29 is 30.3 Å². The molecule has 0 heterocycles. The SMILES string of the molecule is O=C(O)C(CO)(CO)C(O)O. The van der Waals surface area contributed by atoms with Crippen LogP contribution in [0.5, 0.6) is 0 Å². The first-order valence-electron chi connectivity index (χ1n) is 2.82. The van der Waals surface area contributed by atoms with E-state index in [1.807, 2.05) is 0 Å². The Bertz CT molecular complexity index is 138. The fourth-order valence-electron chi connectivity index (χ4n) is 0.459. The highest BCUT2D eigenvalue weighted by atomic mass is 16.5. The molecule has 0 amide bonds. The van der Waals surface area contributed by atoms with Gasteiger partial charge in [-0.15, -0.1) is 0 Å². The zero-order chi connectivity index (χ0) is 9.07. The number of aliphatic hydroxyl groups excluding tert-OH is 3. The van der Waals surface area contributed by atoms with Crippen LogP contribution in [0.4, 0.5) is 0 Å². The number of carboxylic acid groups (broad SMARTS) is 1. The number of hydrogen-bond acceptors (Lipinski definition) is 5. The number of carbonyl (C=O) groups is 1. The van der Waals surface area contributed by atoms with Crippen LogP contribution in [-0.2, 0) is 4.79 Å². The third-order valence-corrected chi connectivity index (χ3v) is 1.48. The van der Waals surface area contributed by atoms with Crippen LogP contribution in [0.15, 0.2) is 0 Å². The zero-order valence-electron chi connectivity index (χ0n) is 5.64. The number of carboxylic acids is 1. The van der Waals surface area contributed by atoms with Crippen LogP contribution in [0.25, 0.3) is 0 Å². The highest BCUT2D eigenvalue weighted by molar-refractivity contribution is 5.75. The quantitative estimate of drug-likeness (QED) is 0.291. The van der Waals surface area contributed by atoms with Gasteiger partial charge in [0.15, 0.2) is 11.7 Å². The standard InChI is InChI=1S/C5H10O6/c6-1-5(2-7,3(8)9)4(10)11/h3,6-9H,1-2H2,(H,10,11). The largest absolute Gasteiger partial charge is 0.481 e. The van der Waals surface area contributed by atoms with E-state index in [0.717, 1.165) is 0 Å². The van der Waals surface area contributed by atoms with Gasteiger partial charge >= 0.3 is 5.97 Å². The molecule has 0 saturated heterocycles. The van der Waals surface area contributed by atoms with Crippen LogP contribution in [0.2, 0.25) is 0 Å². The van der Waals surface area contributed by atoms with Crippen molar-refractivity contribution in [1.29, 1.82) is 0 Å². The van der Waals surface area contributed by atoms with Gasteiger partial charge < -0.3 is 25.5 Å². The summed E-state index contributed by atoms with van der Waals surface area (Å²) in [7, 11) is 0. The van der Waals surface area contributed by atoms with Crippen LogP contribution >= 0.6 is 0 Å². The normalized spacial score (nSPS) is 12.1. The molecule has 6 nitrogen and oxygen atoms in total. The Morgan fingerprint density at radius 1 is 1.27 bits per heavy atom. The molecule has 66 valence electrons. The van der Waals surface area contributed by atoms with Crippen LogP contribution in [0, 0.1) is 5.41 Å². The molecule has 0 fully saturated rings. The molecule has 0 aromatic carbocycles.